The van der Waals surface area contributed by atoms with Crippen LogP contribution >= 0.6 is 0 Å². The standard InChI is InChI=1S/C22H27NO3/c1-21(2,25)16-23-14-13-22(26,20(24)18-11-7-4-8-12-18)19(15-23)17-9-5-3-6-10-17/h3-12,19,25-26H,13-16H2,1-2H3. The number of ketones is 1. The maximum atomic E-state index is 13.2. The van der Waals surface area contributed by atoms with Gasteiger partial charge in [-0.1, -0.05) is 60.7 Å². The molecule has 1 aliphatic heterocycles. The van der Waals surface area contributed by atoms with Gasteiger partial charge in [0.25, 0.3) is 0 Å². The van der Waals surface area contributed by atoms with Gasteiger partial charge in [0.05, 0.1) is 5.60 Å². The third kappa shape index (κ3) is 4.04. The minimum Gasteiger partial charge on any atom is -0.389 e. The van der Waals surface area contributed by atoms with Crippen LogP contribution in [0, 0.1) is 0 Å². The molecule has 4 nitrogen and oxygen atoms in total. The molecule has 1 aliphatic rings. The Kier molecular flexibility index (Phi) is 5.28. The van der Waals surface area contributed by atoms with Gasteiger partial charge in [-0.3, -0.25) is 9.69 Å². The zero-order chi connectivity index (χ0) is 18.8. The maximum absolute atomic E-state index is 13.2. The molecular formula is C22H27NO3. The van der Waals surface area contributed by atoms with Crippen molar-refractivity contribution in [2.75, 3.05) is 19.6 Å². The number of carbonyl (C=O) groups excluding carboxylic acids is 1. The molecule has 2 unspecified atom stereocenters. The van der Waals surface area contributed by atoms with E-state index < -0.39 is 11.2 Å². The molecule has 0 radical (unpaired) electrons. The highest BCUT2D eigenvalue weighted by molar-refractivity contribution is 6.03. The lowest BCUT2D eigenvalue weighted by atomic mass is 9.72. The van der Waals surface area contributed by atoms with E-state index in [1.54, 1.807) is 26.0 Å². The van der Waals surface area contributed by atoms with Gasteiger partial charge in [-0.05, 0) is 25.8 Å². The van der Waals surface area contributed by atoms with Crippen molar-refractivity contribution in [2.24, 2.45) is 0 Å². The fourth-order valence-corrected chi connectivity index (χ4v) is 3.87. The number of aliphatic hydroxyl groups is 2. The molecule has 0 aliphatic carbocycles. The van der Waals surface area contributed by atoms with Crippen molar-refractivity contribution < 1.29 is 15.0 Å². The van der Waals surface area contributed by atoms with Crippen molar-refractivity contribution in [3.63, 3.8) is 0 Å². The lowest BCUT2D eigenvalue weighted by molar-refractivity contribution is -0.0407. The summed E-state index contributed by atoms with van der Waals surface area (Å²) in [7, 11) is 0. The number of β-amino-alcohol motifs (C(OH)–C–C–N with tert-alkyl or cyclic N) is 1. The second-order valence-electron chi connectivity index (χ2n) is 7.88. The quantitative estimate of drug-likeness (QED) is 0.812. The zero-order valence-corrected chi connectivity index (χ0v) is 15.4. The molecule has 2 aromatic carbocycles. The number of likely N-dealkylation sites (tertiary alicyclic amines) is 1. The van der Waals surface area contributed by atoms with Gasteiger partial charge < -0.3 is 10.2 Å². The Labute approximate surface area is 155 Å². The number of carbonyl (C=O) groups is 1. The highest BCUT2D eigenvalue weighted by Crippen LogP contribution is 2.38. The first-order valence-electron chi connectivity index (χ1n) is 9.11. The Hall–Kier alpha value is -2.01. The number of Topliss-reactive ketones (excluding diaryl/α,β-unsaturated/α-hetero) is 1. The lowest BCUT2D eigenvalue weighted by Crippen LogP contribution is -2.56. The summed E-state index contributed by atoms with van der Waals surface area (Å²) in [4.78, 5) is 15.3. The average molecular weight is 353 g/mol. The Morgan fingerprint density at radius 1 is 1.12 bits per heavy atom. The van der Waals surface area contributed by atoms with Gasteiger partial charge in [-0.2, -0.15) is 0 Å². The summed E-state index contributed by atoms with van der Waals surface area (Å²) in [6.45, 7) is 5.16. The molecule has 4 heteroatoms. The van der Waals surface area contributed by atoms with E-state index in [1.807, 2.05) is 48.5 Å². The molecule has 1 fully saturated rings. The topological polar surface area (TPSA) is 60.8 Å². The molecule has 26 heavy (non-hydrogen) atoms. The van der Waals surface area contributed by atoms with Gasteiger partial charge >= 0.3 is 0 Å². The zero-order valence-electron chi connectivity index (χ0n) is 15.4. The van der Waals surface area contributed by atoms with E-state index in [-0.39, 0.29) is 11.7 Å². The summed E-state index contributed by atoms with van der Waals surface area (Å²) in [5.41, 5.74) is -0.787. The molecule has 2 aromatic rings. The second-order valence-corrected chi connectivity index (χ2v) is 7.88. The van der Waals surface area contributed by atoms with Gasteiger partial charge in [-0.15, -0.1) is 0 Å². The number of hydrogen-bond acceptors (Lipinski definition) is 4. The van der Waals surface area contributed by atoms with Crippen LogP contribution in [0.2, 0.25) is 0 Å². The van der Waals surface area contributed by atoms with E-state index in [4.69, 9.17) is 0 Å². The predicted octanol–water partition coefficient (Wildman–Crippen LogP) is 2.86. The Morgan fingerprint density at radius 3 is 2.27 bits per heavy atom. The monoisotopic (exact) mass is 353 g/mol. The number of rotatable bonds is 5. The van der Waals surface area contributed by atoms with Gasteiger partial charge in [-0.25, -0.2) is 0 Å². The average Bonchev–Trinajstić information content (AvgIpc) is 2.63. The van der Waals surface area contributed by atoms with Crippen molar-refractivity contribution in [3.05, 3.63) is 71.8 Å². The molecule has 0 amide bonds. The van der Waals surface area contributed by atoms with Gasteiger partial charge in [0.15, 0.2) is 5.78 Å². The Bertz CT molecular complexity index is 739. The molecule has 2 N–H and O–H groups in total. The SMILES string of the molecule is CC(C)(O)CN1CCC(O)(C(=O)c2ccccc2)C(c2ccccc2)C1. The first-order chi connectivity index (χ1) is 12.3. The van der Waals surface area contributed by atoms with E-state index in [2.05, 4.69) is 4.90 Å². The van der Waals surface area contributed by atoms with Crippen LogP contribution in [-0.4, -0.2) is 51.7 Å². The van der Waals surface area contributed by atoms with Crippen molar-refractivity contribution in [3.8, 4) is 0 Å². The number of hydrogen-bond donors (Lipinski definition) is 2. The highest BCUT2D eigenvalue weighted by Gasteiger charge is 2.48. The largest absolute Gasteiger partial charge is 0.389 e. The molecule has 2 atom stereocenters. The number of piperidine rings is 1. The van der Waals surface area contributed by atoms with Crippen LogP contribution in [-0.2, 0) is 0 Å². The third-order valence-electron chi connectivity index (χ3n) is 5.07. The maximum Gasteiger partial charge on any atom is 0.195 e. The van der Waals surface area contributed by atoms with E-state index in [1.165, 1.54) is 0 Å². The van der Waals surface area contributed by atoms with Crippen molar-refractivity contribution in [2.45, 2.75) is 37.4 Å². The fourth-order valence-electron chi connectivity index (χ4n) is 3.87. The van der Waals surface area contributed by atoms with Gasteiger partial charge in [0, 0.05) is 31.1 Å². The van der Waals surface area contributed by atoms with Crippen molar-refractivity contribution >= 4 is 5.78 Å². The minimum absolute atomic E-state index is 0.227. The van der Waals surface area contributed by atoms with Crippen LogP contribution in [0.1, 0.15) is 42.1 Å². The molecule has 0 bridgehead atoms. The summed E-state index contributed by atoms with van der Waals surface area (Å²) < 4.78 is 0. The Balaban J connectivity index is 1.94. The number of benzene rings is 2. The molecular weight excluding hydrogens is 326 g/mol. The van der Waals surface area contributed by atoms with Crippen LogP contribution in [0.4, 0.5) is 0 Å². The van der Waals surface area contributed by atoms with Crippen LogP contribution in [0.25, 0.3) is 0 Å². The van der Waals surface area contributed by atoms with Crippen molar-refractivity contribution in [1.82, 2.24) is 4.90 Å². The first-order valence-corrected chi connectivity index (χ1v) is 9.11. The predicted molar refractivity (Wildman–Crippen MR) is 102 cm³/mol. The normalized spacial score (nSPS) is 24.4. The summed E-state index contributed by atoms with van der Waals surface area (Å²) in [5.74, 6) is -0.567. The van der Waals surface area contributed by atoms with Gasteiger partial charge in [0.1, 0.15) is 5.60 Å². The first kappa shape index (κ1) is 18.8. The van der Waals surface area contributed by atoms with Crippen LogP contribution in [0.15, 0.2) is 60.7 Å². The molecule has 0 spiro atoms. The molecule has 1 saturated heterocycles. The third-order valence-corrected chi connectivity index (χ3v) is 5.07. The Morgan fingerprint density at radius 2 is 1.69 bits per heavy atom. The fraction of sp³-hybridized carbons (Fsp3) is 0.409. The second kappa shape index (κ2) is 7.31. The van der Waals surface area contributed by atoms with E-state index >= 15 is 0 Å². The lowest BCUT2D eigenvalue weighted by Gasteiger charge is -2.45. The van der Waals surface area contributed by atoms with E-state index in [9.17, 15) is 15.0 Å². The summed E-state index contributed by atoms with van der Waals surface area (Å²) in [5, 5.41) is 21.7. The molecule has 1 heterocycles. The van der Waals surface area contributed by atoms with E-state index in [0.29, 0.717) is 31.6 Å². The van der Waals surface area contributed by atoms with Gasteiger partial charge in [0.2, 0.25) is 0 Å². The van der Waals surface area contributed by atoms with E-state index in [0.717, 1.165) is 5.56 Å². The van der Waals surface area contributed by atoms with Crippen molar-refractivity contribution in [1.29, 1.82) is 0 Å². The number of nitrogens with zero attached hydrogens (tertiary/aromatic N) is 1. The summed E-state index contributed by atoms with van der Waals surface area (Å²) in [6, 6.07) is 18.7. The van der Waals surface area contributed by atoms with Crippen LogP contribution < -0.4 is 0 Å². The smallest absolute Gasteiger partial charge is 0.195 e. The highest BCUT2D eigenvalue weighted by atomic mass is 16.3. The molecule has 0 saturated carbocycles. The summed E-state index contributed by atoms with van der Waals surface area (Å²) >= 11 is 0. The van der Waals surface area contributed by atoms with Crippen LogP contribution in [0.5, 0.6) is 0 Å². The minimum atomic E-state index is -1.45. The molecule has 0 aromatic heterocycles. The van der Waals surface area contributed by atoms with Crippen LogP contribution in [0.3, 0.4) is 0 Å². The molecule has 138 valence electrons. The summed E-state index contributed by atoms with van der Waals surface area (Å²) in [6.07, 6.45) is 0.344. The molecule has 3 rings (SSSR count).